The summed E-state index contributed by atoms with van der Waals surface area (Å²) in [6.45, 7) is 0. The summed E-state index contributed by atoms with van der Waals surface area (Å²) >= 11 is 0. The number of aliphatic imine (C=N–C) groups is 1. The van der Waals surface area contributed by atoms with E-state index in [9.17, 15) is 0 Å². The molecule has 2 aliphatic rings. The van der Waals surface area contributed by atoms with Gasteiger partial charge in [0.25, 0.3) is 0 Å². The summed E-state index contributed by atoms with van der Waals surface area (Å²) in [6, 6.07) is 25.5. The maximum Gasteiger partial charge on any atom is 0.103 e. The third-order valence-corrected chi connectivity index (χ3v) is 5.43. The minimum absolute atomic E-state index is 0.0828. The molecule has 0 radical (unpaired) electrons. The van der Waals surface area contributed by atoms with E-state index in [4.69, 9.17) is 9.98 Å². The van der Waals surface area contributed by atoms with Crippen LogP contribution in [0.25, 0.3) is 6.08 Å². The van der Waals surface area contributed by atoms with Crippen LogP contribution in [-0.2, 0) is 12.8 Å². The number of hydrogen-bond acceptors (Lipinski definition) is 2. The molecule has 1 aliphatic heterocycles. The smallest absolute Gasteiger partial charge is 0.103 e. The van der Waals surface area contributed by atoms with Crippen LogP contribution in [0.3, 0.4) is 0 Å². The lowest BCUT2D eigenvalue weighted by Gasteiger charge is -2.28. The highest BCUT2D eigenvalue weighted by atomic mass is 14.9. The molecule has 0 saturated heterocycles. The number of nitrogens with zero attached hydrogens (tertiary/aromatic N) is 2. The largest absolute Gasteiger partial charge is 0.279 e. The van der Waals surface area contributed by atoms with E-state index in [2.05, 4.69) is 97.1 Å². The summed E-state index contributed by atoms with van der Waals surface area (Å²) in [5, 5.41) is 0. The maximum atomic E-state index is 5.10. The Balaban J connectivity index is 1.45. The highest BCUT2D eigenvalue weighted by Gasteiger charge is 2.28. The highest BCUT2D eigenvalue weighted by Crippen LogP contribution is 2.37. The third-order valence-electron chi connectivity index (χ3n) is 5.43. The van der Waals surface area contributed by atoms with Gasteiger partial charge >= 0.3 is 0 Å². The standard InChI is InChI=1S/C26H22N2/c1-3-7-19(8-4-1)17-23-15-13-21-11-12-22-14-16-24(28-26(22)25(21)27-23)18-20-9-5-2-6-10-20/h1-16,21,25H,17-18H2. The minimum Gasteiger partial charge on any atom is -0.279 e. The molecule has 0 N–H and O–H groups in total. The van der Waals surface area contributed by atoms with Gasteiger partial charge in [-0.25, -0.2) is 0 Å². The lowest BCUT2D eigenvalue weighted by molar-refractivity contribution is 0.587. The first-order chi connectivity index (χ1) is 13.8. The predicted octanol–water partition coefficient (Wildman–Crippen LogP) is 5.61. The summed E-state index contributed by atoms with van der Waals surface area (Å²) in [7, 11) is 0. The maximum absolute atomic E-state index is 5.10. The Morgan fingerprint density at radius 2 is 1.36 bits per heavy atom. The lowest BCUT2D eigenvalue weighted by atomic mass is 9.85. The average molecular weight is 362 g/mol. The SMILES string of the molecule is C1=CC2C=Cc3ccc(Cc4ccccc4)nc3C2N=C1Cc1ccccc1. The first kappa shape index (κ1) is 16.9. The van der Waals surface area contributed by atoms with Gasteiger partial charge in [-0.05, 0) is 28.8 Å². The Hall–Kier alpha value is -3.26. The van der Waals surface area contributed by atoms with Crippen LogP contribution >= 0.6 is 0 Å². The number of hydrogen-bond donors (Lipinski definition) is 0. The molecule has 0 spiro atoms. The van der Waals surface area contributed by atoms with Crippen LogP contribution in [0.4, 0.5) is 0 Å². The number of pyridine rings is 1. The number of fused-ring (bicyclic) bond motifs is 3. The van der Waals surface area contributed by atoms with Gasteiger partial charge in [-0.1, -0.05) is 85.0 Å². The first-order valence-corrected chi connectivity index (χ1v) is 9.86. The van der Waals surface area contributed by atoms with Crippen molar-refractivity contribution in [2.24, 2.45) is 10.9 Å². The van der Waals surface area contributed by atoms with Crippen molar-refractivity contribution < 1.29 is 0 Å². The van der Waals surface area contributed by atoms with Crippen LogP contribution in [-0.4, -0.2) is 10.7 Å². The average Bonchev–Trinajstić information content (AvgIpc) is 2.75. The van der Waals surface area contributed by atoms with E-state index in [1.807, 2.05) is 0 Å². The molecule has 2 atom stereocenters. The summed E-state index contributed by atoms with van der Waals surface area (Å²) in [5.41, 5.74) is 7.11. The van der Waals surface area contributed by atoms with E-state index in [1.54, 1.807) is 0 Å². The Labute approximate surface area is 166 Å². The number of dihydropyridines is 1. The molecule has 0 fully saturated rings. The van der Waals surface area contributed by atoms with Crippen LogP contribution in [0, 0.1) is 5.92 Å². The fourth-order valence-electron chi connectivity index (χ4n) is 3.98. The van der Waals surface area contributed by atoms with Crippen molar-refractivity contribution in [1.29, 1.82) is 0 Å². The van der Waals surface area contributed by atoms with Gasteiger partial charge < -0.3 is 0 Å². The summed E-state index contributed by atoms with van der Waals surface area (Å²) in [4.78, 5) is 10.1. The molecule has 2 heteroatoms. The van der Waals surface area contributed by atoms with E-state index in [0.29, 0.717) is 5.92 Å². The highest BCUT2D eigenvalue weighted by molar-refractivity contribution is 5.97. The molecule has 0 amide bonds. The molecule has 0 bridgehead atoms. The molecule has 2 unspecified atom stereocenters. The number of aromatic nitrogens is 1. The second-order valence-corrected chi connectivity index (χ2v) is 7.46. The van der Waals surface area contributed by atoms with Gasteiger partial charge in [0.1, 0.15) is 6.04 Å². The van der Waals surface area contributed by atoms with Gasteiger partial charge in [0.15, 0.2) is 0 Å². The second kappa shape index (κ2) is 7.40. The van der Waals surface area contributed by atoms with E-state index in [0.717, 1.165) is 29.9 Å². The molecule has 2 nitrogen and oxygen atoms in total. The summed E-state index contributed by atoms with van der Waals surface area (Å²) in [5.74, 6) is 0.298. The number of allylic oxidation sites excluding steroid dienone is 1. The second-order valence-electron chi connectivity index (χ2n) is 7.46. The molecule has 3 aromatic rings. The molecule has 28 heavy (non-hydrogen) atoms. The Kier molecular flexibility index (Phi) is 4.46. The van der Waals surface area contributed by atoms with Crippen molar-refractivity contribution in [3.8, 4) is 0 Å². The molecule has 1 aromatic heterocycles. The quantitative estimate of drug-likeness (QED) is 0.592. The van der Waals surface area contributed by atoms with Crippen molar-refractivity contribution in [3.63, 3.8) is 0 Å². The summed E-state index contributed by atoms with van der Waals surface area (Å²) < 4.78 is 0. The summed E-state index contributed by atoms with van der Waals surface area (Å²) in [6.07, 6.45) is 10.6. The van der Waals surface area contributed by atoms with Crippen molar-refractivity contribution >= 4 is 11.8 Å². The van der Waals surface area contributed by atoms with Crippen LogP contribution < -0.4 is 0 Å². The van der Waals surface area contributed by atoms with Gasteiger partial charge in [0.2, 0.25) is 0 Å². The molecule has 5 rings (SSSR count). The zero-order valence-corrected chi connectivity index (χ0v) is 15.7. The van der Waals surface area contributed by atoms with E-state index in [-0.39, 0.29) is 6.04 Å². The van der Waals surface area contributed by atoms with Crippen molar-refractivity contribution in [2.45, 2.75) is 18.9 Å². The molecule has 0 saturated carbocycles. The van der Waals surface area contributed by atoms with E-state index < -0.39 is 0 Å². The molecule has 136 valence electrons. The monoisotopic (exact) mass is 362 g/mol. The van der Waals surface area contributed by atoms with Crippen LogP contribution in [0.5, 0.6) is 0 Å². The normalized spacial score (nSPS) is 19.6. The van der Waals surface area contributed by atoms with Gasteiger partial charge in [0, 0.05) is 30.2 Å². The first-order valence-electron chi connectivity index (χ1n) is 9.86. The molecule has 2 heterocycles. The van der Waals surface area contributed by atoms with Gasteiger partial charge in [-0.2, -0.15) is 0 Å². The molecule has 1 aliphatic carbocycles. The third kappa shape index (κ3) is 3.46. The van der Waals surface area contributed by atoms with E-state index >= 15 is 0 Å². The topological polar surface area (TPSA) is 25.2 Å². The lowest BCUT2D eigenvalue weighted by Crippen LogP contribution is -2.20. The number of benzene rings is 2. The van der Waals surface area contributed by atoms with Gasteiger partial charge in [-0.15, -0.1) is 0 Å². The zero-order valence-electron chi connectivity index (χ0n) is 15.7. The van der Waals surface area contributed by atoms with Crippen LogP contribution in [0.15, 0.2) is 96.0 Å². The Morgan fingerprint density at radius 1 is 0.679 bits per heavy atom. The fraction of sp³-hybridized carbons (Fsp3) is 0.154. The van der Waals surface area contributed by atoms with Crippen molar-refractivity contribution in [2.75, 3.05) is 0 Å². The van der Waals surface area contributed by atoms with Crippen LogP contribution in [0.1, 0.15) is 34.1 Å². The molecular formula is C26H22N2. The van der Waals surface area contributed by atoms with Gasteiger partial charge in [-0.3, -0.25) is 9.98 Å². The van der Waals surface area contributed by atoms with Gasteiger partial charge in [0.05, 0.1) is 5.69 Å². The Morgan fingerprint density at radius 3 is 2.11 bits per heavy atom. The van der Waals surface area contributed by atoms with Crippen molar-refractivity contribution in [3.05, 3.63) is 119 Å². The zero-order chi connectivity index (χ0) is 18.8. The fourth-order valence-corrected chi connectivity index (χ4v) is 3.98. The minimum atomic E-state index is 0.0828. The van der Waals surface area contributed by atoms with E-state index in [1.165, 1.54) is 16.7 Å². The Bertz CT molecular complexity index is 1060. The molecular weight excluding hydrogens is 340 g/mol. The van der Waals surface area contributed by atoms with Crippen molar-refractivity contribution in [1.82, 2.24) is 4.98 Å². The van der Waals surface area contributed by atoms with Crippen LogP contribution in [0.2, 0.25) is 0 Å². The predicted molar refractivity (Wildman–Crippen MR) is 115 cm³/mol. The number of rotatable bonds is 4. The molecule has 2 aromatic carbocycles.